The molecule has 304 valence electrons. The molecule has 4 heterocycles. The van der Waals surface area contributed by atoms with Crippen LogP contribution in [0.4, 0.5) is 0 Å². The minimum Gasteiger partial charge on any atom is -0.456 e. The van der Waals surface area contributed by atoms with Gasteiger partial charge in [-0.2, -0.15) is 0 Å². The molecule has 0 saturated carbocycles. The topological polar surface area (TPSA) is 68.0 Å². The summed E-state index contributed by atoms with van der Waals surface area (Å²) in [5.41, 5.74) is 11.7. The van der Waals surface area contributed by atoms with Gasteiger partial charge in [0.25, 0.3) is 0 Å². The van der Waals surface area contributed by atoms with Crippen LogP contribution < -0.4 is 5.32 Å². The van der Waals surface area contributed by atoms with Crippen LogP contribution in [-0.4, -0.2) is 16.2 Å². The fraction of sp³-hybridized carbons (Fsp3) is 0.0169. The Morgan fingerprint density at radius 3 is 1.89 bits per heavy atom. The lowest BCUT2D eigenvalue weighted by Gasteiger charge is -2.24. The molecule has 10 aromatic carbocycles. The number of nitrogens with zero attached hydrogens (tertiary/aromatic N) is 3. The number of para-hydroxylation sites is 3. The molecule has 1 unspecified atom stereocenters. The van der Waals surface area contributed by atoms with Gasteiger partial charge in [0.1, 0.15) is 34.3 Å². The number of hydrogen-bond acceptors (Lipinski definition) is 5. The molecular weight excluding hydrogens is 797 g/mol. The molecule has 0 saturated heterocycles. The standard InChI is InChI=1S/C59H36N4O2/c1-2-15-35(16-3-1)57-60-58(62-59(61-57)44-24-14-28-52-54(44)42-22-9-12-26-50(42)64-52)39-29-30-48(63-47-25-11-8-21-41(47)45-31-36-17-4-5-18-37(36)33-49(45)63)46(32-39)55-40-20-7-6-19-38(40)34-53-56(55)43-23-10-13-27-51(43)65-53/h1-34,57H,(H,60,61,62). The Kier molecular flexibility index (Phi) is 7.65. The van der Waals surface area contributed by atoms with Gasteiger partial charge in [-0.15, -0.1) is 0 Å². The van der Waals surface area contributed by atoms with Crippen molar-refractivity contribution in [1.82, 2.24) is 9.88 Å². The van der Waals surface area contributed by atoms with E-state index in [0.29, 0.717) is 5.84 Å². The zero-order chi connectivity index (χ0) is 42.6. The van der Waals surface area contributed by atoms with Crippen LogP contribution in [0.15, 0.2) is 225 Å². The van der Waals surface area contributed by atoms with Crippen molar-refractivity contribution in [3.05, 3.63) is 223 Å². The SMILES string of the molecule is c1ccc(C2N=C(c3ccc(-n4c5ccccc5c5cc6ccccc6cc54)c(-c4c5ccccc5cc5oc6ccccc6c45)c3)N=C(c3cccc4oc5ccccc5c34)N2)cc1. The highest BCUT2D eigenvalue weighted by Crippen LogP contribution is 2.46. The molecule has 6 nitrogen and oxygen atoms in total. The van der Waals surface area contributed by atoms with Crippen LogP contribution in [0.5, 0.6) is 0 Å². The Morgan fingerprint density at radius 2 is 1.08 bits per heavy atom. The lowest BCUT2D eigenvalue weighted by atomic mass is 9.91. The van der Waals surface area contributed by atoms with E-state index in [-0.39, 0.29) is 0 Å². The second kappa shape index (κ2) is 13.9. The predicted molar refractivity (Wildman–Crippen MR) is 268 cm³/mol. The second-order valence-electron chi connectivity index (χ2n) is 16.9. The predicted octanol–water partition coefficient (Wildman–Crippen LogP) is 15.1. The van der Waals surface area contributed by atoms with Gasteiger partial charge in [-0.1, -0.05) is 146 Å². The van der Waals surface area contributed by atoms with Crippen LogP contribution in [0.3, 0.4) is 0 Å². The van der Waals surface area contributed by atoms with Crippen molar-refractivity contribution in [3.8, 4) is 16.8 Å². The van der Waals surface area contributed by atoms with E-state index in [1.807, 2.05) is 36.4 Å². The van der Waals surface area contributed by atoms with Crippen molar-refractivity contribution < 1.29 is 8.83 Å². The van der Waals surface area contributed by atoms with Crippen LogP contribution in [-0.2, 0) is 0 Å². The summed E-state index contributed by atoms with van der Waals surface area (Å²) in [4.78, 5) is 10.9. The minimum atomic E-state index is -0.400. The van der Waals surface area contributed by atoms with Crippen molar-refractivity contribution in [2.45, 2.75) is 6.17 Å². The average Bonchev–Trinajstić information content (AvgIpc) is 4.04. The number of furan rings is 2. The highest BCUT2D eigenvalue weighted by atomic mass is 16.3. The third kappa shape index (κ3) is 5.47. The molecule has 1 atom stereocenters. The molecule has 1 aliphatic rings. The van der Waals surface area contributed by atoms with Gasteiger partial charge in [-0.05, 0) is 87.8 Å². The first-order valence-electron chi connectivity index (χ1n) is 22.0. The number of benzene rings is 10. The van der Waals surface area contributed by atoms with E-state index in [2.05, 4.69) is 180 Å². The smallest absolute Gasteiger partial charge is 0.159 e. The maximum absolute atomic E-state index is 6.71. The van der Waals surface area contributed by atoms with Crippen LogP contribution in [0.1, 0.15) is 22.9 Å². The maximum Gasteiger partial charge on any atom is 0.159 e. The third-order valence-corrected chi connectivity index (χ3v) is 13.2. The van der Waals surface area contributed by atoms with Gasteiger partial charge in [-0.25, -0.2) is 9.98 Å². The van der Waals surface area contributed by atoms with Crippen molar-refractivity contribution in [2.75, 3.05) is 0 Å². The third-order valence-electron chi connectivity index (χ3n) is 13.2. The molecule has 13 aromatic rings. The molecule has 0 fully saturated rings. The lowest BCUT2D eigenvalue weighted by Crippen LogP contribution is -2.33. The summed E-state index contributed by atoms with van der Waals surface area (Å²) in [5.74, 6) is 1.36. The van der Waals surface area contributed by atoms with E-state index in [4.69, 9.17) is 18.8 Å². The van der Waals surface area contributed by atoms with Crippen molar-refractivity contribution in [1.29, 1.82) is 0 Å². The summed E-state index contributed by atoms with van der Waals surface area (Å²) in [6, 6.07) is 72.8. The zero-order valence-electron chi connectivity index (χ0n) is 34.9. The van der Waals surface area contributed by atoms with Gasteiger partial charge >= 0.3 is 0 Å². The number of rotatable bonds is 5. The van der Waals surface area contributed by atoms with E-state index < -0.39 is 6.17 Å². The molecule has 1 aliphatic heterocycles. The Balaban J connectivity index is 1.09. The summed E-state index contributed by atoms with van der Waals surface area (Å²) < 4.78 is 15.5. The summed E-state index contributed by atoms with van der Waals surface area (Å²) in [6.07, 6.45) is -0.400. The molecule has 3 aromatic heterocycles. The van der Waals surface area contributed by atoms with Crippen molar-refractivity contribution in [2.24, 2.45) is 9.98 Å². The minimum absolute atomic E-state index is 0.400. The normalized spacial score (nSPS) is 14.3. The average molecular weight is 833 g/mol. The molecule has 0 spiro atoms. The first kappa shape index (κ1) is 35.8. The van der Waals surface area contributed by atoms with E-state index in [1.54, 1.807) is 0 Å². The van der Waals surface area contributed by atoms with Gasteiger partial charge in [0, 0.05) is 54.6 Å². The van der Waals surface area contributed by atoms with Gasteiger partial charge in [-0.3, -0.25) is 0 Å². The molecule has 0 bridgehead atoms. The molecule has 6 heteroatoms. The van der Waals surface area contributed by atoms with Crippen LogP contribution in [0.2, 0.25) is 0 Å². The van der Waals surface area contributed by atoms with Crippen LogP contribution in [0, 0.1) is 0 Å². The Labute approximate surface area is 372 Å². The van der Waals surface area contributed by atoms with E-state index in [1.165, 1.54) is 21.5 Å². The first-order valence-corrected chi connectivity index (χ1v) is 22.0. The number of nitrogens with one attached hydrogen (secondary N) is 1. The van der Waals surface area contributed by atoms with Crippen molar-refractivity contribution >= 4 is 98.9 Å². The molecule has 65 heavy (non-hydrogen) atoms. The van der Waals surface area contributed by atoms with Gasteiger partial charge in [0.05, 0.1) is 16.7 Å². The Hall–Kier alpha value is -8.74. The zero-order valence-corrected chi connectivity index (χ0v) is 34.9. The number of fused-ring (bicyclic) bond motifs is 11. The Morgan fingerprint density at radius 1 is 0.431 bits per heavy atom. The summed E-state index contributed by atoms with van der Waals surface area (Å²) >= 11 is 0. The van der Waals surface area contributed by atoms with E-state index in [0.717, 1.165) is 105 Å². The van der Waals surface area contributed by atoms with Crippen molar-refractivity contribution in [3.63, 3.8) is 0 Å². The van der Waals surface area contributed by atoms with Gasteiger partial charge < -0.3 is 18.7 Å². The van der Waals surface area contributed by atoms with E-state index in [9.17, 15) is 0 Å². The molecule has 1 N–H and O–H groups in total. The summed E-state index contributed by atoms with van der Waals surface area (Å²) in [7, 11) is 0. The fourth-order valence-corrected chi connectivity index (χ4v) is 10.3. The van der Waals surface area contributed by atoms with Crippen LogP contribution in [0.25, 0.3) is 104 Å². The molecule has 0 radical (unpaired) electrons. The number of hydrogen-bond donors (Lipinski definition) is 1. The largest absolute Gasteiger partial charge is 0.456 e. The second-order valence-corrected chi connectivity index (χ2v) is 16.9. The molecule has 0 aliphatic carbocycles. The maximum atomic E-state index is 6.71. The number of aromatic nitrogens is 1. The highest BCUT2D eigenvalue weighted by Gasteiger charge is 2.27. The monoisotopic (exact) mass is 832 g/mol. The highest BCUT2D eigenvalue weighted by molar-refractivity contribution is 6.24. The van der Waals surface area contributed by atoms with Gasteiger partial charge in [0.2, 0.25) is 0 Å². The molecular formula is C59H36N4O2. The lowest BCUT2D eigenvalue weighted by molar-refractivity contribution is 0.667. The van der Waals surface area contributed by atoms with Crippen LogP contribution >= 0.6 is 0 Å². The number of aliphatic imine (C=N–C) groups is 2. The van der Waals surface area contributed by atoms with E-state index >= 15 is 0 Å². The molecule has 14 rings (SSSR count). The first-order chi connectivity index (χ1) is 32.2. The molecule has 0 amide bonds. The summed E-state index contributed by atoms with van der Waals surface area (Å²) in [5, 5.41) is 15.0. The number of amidine groups is 2. The summed E-state index contributed by atoms with van der Waals surface area (Å²) in [6.45, 7) is 0. The quantitative estimate of drug-likeness (QED) is 0.188. The van der Waals surface area contributed by atoms with Gasteiger partial charge in [0.15, 0.2) is 5.84 Å². The fourth-order valence-electron chi connectivity index (χ4n) is 10.3. The Bertz CT molecular complexity index is 4170.